The van der Waals surface area contributed by atoms with Gasteiger partial charge in [0.15, 0.2) is 5.16 Å². The average molecular weight is 456 g/mol. The molecule has 1 aliphatic heterocycles. The minimum Gasteiger partial charge on any atom is -0.283 e. The van der Waals surface area contributed by atoms with E-state index in [-0.39, 0.29) is 17.4 Å². The molecule has 6 nitrogen and oxygen atoms in total. The summed E-state index contributed by atoms with van der Waals surface area (Å²) in [6.07, 6.45) is 2.27. The SMILES string of the molecule is C=CCn1c(SCCCN2C(=O)c3ccccc3C2=O)nc2cc3ccccc3cc2c1=O. The Hall–Kier alpha value is -3.71. The van der Waals surface area contributed by atoms with Crippen LogP contribution in [0.15, 0.2) is 83.3 Å². The van der Waals surface area contributed by atoms with Gasteiger partial charge >= 0.3 is 0 Å². The summed E-state index contributed by atoms with van der Waals surface area (Å²) in [6.45, 7) is 4.45. The van der Waals surface area contributed by atoms with E-state index >= 15 is 0 Å². The molecule has 0 radical (unpaired) electrons. The first-order chi connectivity index (χ1) is 16.1. The van der Waals surface area contributed by atoms with Crippen molar-refractivity contribution < 1.29 is 9.59 Å². The number of benzene rings is 3. The van der Waals surface area contributed by atoms with Crippen LogP contribution in [-0.2, 0) is 6.54 Å². The smallest absolute Gasteiger partial charge is 0.262 e. The molecule has 0 unspecified atom stereocenters. The molecule has 4 aromatic rings. The predicted octanol–water partition coefficient (Wildman–Crippen LogP) is 4.51. The van der Waals surface area contributed by atoms with Crippen molar-refractivity contribution in [3.8, 4) is 0 Å². The molecule has 1 aromatic heterocycles. The second-order valence-electron chi connectivity index (χ2n) is 7.82. The molecular weight excluding hydrogens is 434 g/mol. The van der Waals surface area contributed by atoms with Crippen molar-refractivity contribution in [1.29, 1.82) is 0 Å². The van der Waals surface area contributed by atoms with Crippen LogP contribution >= 0.6 is 11.8 Å². The summed E-state index contributed by atoms with van der Waals surface area (Å²) < 4.78 is 1.62. The van der Waals surface area contributed by atoms with Crippen LogP contribution in [0.3, 0.4) is 0 Å². The number of carbonyl (C=O) groups excluding carboxylic acids is 2. The molecule has 33 heavy (non-hydrogen) atoms. The van der Waals surface area contributed by atoms with Crippen molar-refractivity contribution in [3.05, 3.63) is 94.8 Å². The summed E-state index contributed by atoms with van der Waals surface area (Å²) in [6, 6.07) is 18.6. The number of imide groups is 1. The molecule has 3 aromatic carbocycles. The standard InChI is InChI=1S/C26H21N3O3S/c1-2-12-29-25(32)21-15-17-8-3-4-9-18(17)16-22(21)27-26(29)33-14-7-13-28-23(30)19-10-5-6-11-20(19)24(28)31/h2-6,8-11,15-16H,1,7,12-14H2. The van der Waals surface area contributed by atoms with E-state index in [1.165, 1.54) is 16.7 Å². The minimum absolute atomic E-state index is 0.103. The van der Waals surface area contributed by atoms with Gasteiger partial charge in [0.25, 0.3) is 17.4 Å². The number of nitrogens with zero attached hydrogens (tertiary/aromatic N) is 3. The lowest BCUT2D eigenvalue weighted by Gasteiger charge is -2.14. The van der Waals surface area contributed by atoms with Gasteiger partial charge < -0.3 is 0 Å². The molecule has 0 aliphatic carbocycles. The zero-order chi connectivity index (χ0) is 22.9. The average Bonchev–Trinajstić information content (AvgIpc) is 3.08. The monoisotopic (exact) mass is 455 g/mol. The Balaban J connectivity index is 1.36. The molecule has 0 atom stereocenters. The van der Waals surface area contributed by atoms with Crippen molar-refractivity contribution >= 4 is 45.3 Å². The third kappa shape index (κ3) is 3.74. The van der Waals surface area contributed by atoms with E-state index in [4.69, 9.17) is 4.98 Å². The van der Waals surface area contributed by atoms with Gasteiger partial charge in [-0.25, -0.2) is 4.98 Å². The summed E-state index contributed by atoms with van der Waals surface area (Å²) in [4.78, 5) is 44.3. The van der Waals surface area contributed by atoms with E-state index < -0.39 is 0 Å². The first-order valence-electron chi connectivity index (χ1n) is 10.7. The fourth-order valence-corrected chi connectivity index (χ4v) is 5.05. The van der Waals surface area contributed by atoms with Gasteiger partial charge in [-0.05, 0) is 41.5 Å². The second-order valence-corrected chi connectivity index (χ2v) is 8.89. The van der Waals surface area contributed by atoms with Gasteiger partial charge in [-0.15, -0.1) is 6.58 Å². The Bertz CT molecular complexity index is 1460. The Labute approximate surface area is 194 Å². The highest BCUT2D eigenvalue weighted by Gasteiger charge is 2.34. The zero-order valence-electron chi connectivity index (χ0n) is 17.9. The van der Waals surface area contributed by atoms with Crippen LogP contribution in [0.2, 0.25) is 0 Å². The predicted molar refractivity (Wildman–Crippen MR) is 131 cm³/mol. The van der Waals surface area contributed by atoms with E-state index in [2.05, 4.69) is 6.58 Å². The first kappa shape index (κ1) is 21.2. The van der Waals surface area contributed by atoms with Crippen molar-refractivity contribution in [2.24, 2.45) is 0 Å². The number of carbonyl (C=O) groups is 2. The van der Waals surface area contributed by atoms with Gasteiger partial charge in [0.05, 0.1) is 22.0 Å². The van der Waals surface area contributed by atoms with Crippen LogP contribution in [0.1, 0.15) is 27.1 Å². The fourth-order valence-electron chi connectivity index (χ4n) is 4.12. The largest absolute Gasteiger partial charge is 0.283 e. The van der Waals surface area contributed by atoms with Gasteiger partial charge in [0.1, 0.15) is 0 Å². The number of thioether (sulfide) groups is 1. The normalized spacial score (nSPS) is 13.2. The van der Waals surface area contributed by atoms with Crippen LogP contribution in [0.5, 0.6) is 0 Å². The first-order valence-corrected chi connectivity index (χ1v) is 11.7. The number of hydrogen-bond acceptors (Lipinski definition) is 5. The van der Waals surface area contributed by atoms with Crippen molar-refractivity contribution in [3.63, 3.8) is 0 Å². The van der Waals surface area contributed by atoms with E-state index in [0.717, 1.165) is 10.8 Å². The number of hydrogen-bond donors (Lipinski definition) is 0. The minimum atomic E-state index is -0.250. The fraction of sp³-hybridized carbons (Fsp3) is 0.154. The molecule has 5 rings (SSSR count). The van der Waals surface area contributed by atoms with Gasteiger partial charge in [0, 0.05) is 18.8 Å². The van der Waals surface area contributed by atoms with Gasteiger partial charge in [-0.2, -0.15) is 0 Å². The molecule has 0 saturated carbocycles. The summed E-state index contributed by atoms with van der Waals surface area (Å²) in [5.74, 6) is 0.107. The molecule has 2 heterocycles. The number of fused-ring (bicyclic) bond motifs is 3. The molecule has 0 bridgehead atoms. The number of aromatic nitrogens is 2. The molecule has 0 spiro atoms. The quantitative estimate of drug-likeness (QED) is 0.102. The summed E-state index contributed by atoms with van der Waals surface area (Å²) in [7, 11) is 0. The summed E-state index contributed by atoms with van der Waals surface area (Å²) in [5.41, 5.74) is 1.46. The Morgan fingerprint density at radius 1 is 0.909 bits per heavy atom. The van der Waals surface area contributed by atoms with E-state index in [1.807, 2.05) is 36.4 Å². The van der Waals surface area contributed by atoms with E-state index in [1.54, 1.807) is 34.9 Å². The molecule has 0 saturated heterocycles. The summed E-state index contributed by atoms with van der Waals surface area (Å²) in [5, 5.41) is 3.20. The van der Waals surface area contributed by atoms with Crippen LogP contribution in [0, 0.1) is 0 Å². The lowest BCUT2D eigenvalue weighted by atomic mass is 10.1. The number of rotatable bonds is 7. The number of allylic oxidation sites excluding steroid dienone is 1. The lowest BCUT2D eigenvalue weighted by molar-refractivity contribution is 0.0655. The summed E-state index contributed by atoms with van der Waals surface area (Å²) >= 11 is 1.45. The van der Waals surface area contributed by atoms with Crippen molar-refractivity contribution in [2.45, 2.75) is 18.1 Å². The molecule has 7 heteroatoms. The number of amides is 2. The molecule has 0 N–H and O–H groups in total. The van der Waals surface area contributed by atoms with Gasteiger partial charge in [0.2, 0.25) is 0 Å². The van der Waals surface area contributed by atoms with E-state index in [0.29, 0.717) is 52.4 Å². The molecule has 164 valence electrons. The third-order valence-corrected chi connectivity index (χ3v) is 6.80. The topological polar surface area (TPSA) is 72.3 Å². The third-order valence-electron chi connectivity index (χ3n) is 5.73. The van der Waals surface area contributed by atoms with E-state index in [9.17, 15) is 14.4 Å². The maximum atomic E-state index is 13.2. The Morgan fingerprint density at radius 3 is 2.21 bits per heavy atom. The zero-order valence-corrected chi connectivity index (χ0v) is 18.7. The highest BCUT2D eigenvalue weighted by molar-refractivity contribution is 7.99. The molecule has 2 amide bonds. The maximum absolute atomic E-state index is 13.2. The maximum Gasteiger partial charge on any atom is 0.262 e. The van der Waals surface area contributed by atoms with Gasteiger partial charge in [-0.1, -0.05) is 54.2 Å². The van der Waals surface area contributed by atoms with Crippen LogP contribution in [0.4, 0.5) is 0 Å². The molecule has 0 fully saturated rings. The molecular formula is C26H21N3O3S. The highest BCUT2D eigenvalue weighted by Crippen LogP contribution is 2.25. The second kappa shape index (κ2) is 8.67. The van der Waals surface area contributed by atoms with Crippen molar-refractivity contribution in [1.82, 2.24) is 14.5 Å². The Kier molecular flexibility index (Phi) is 5.56. The van der Waals surface area contributed by atoms with Crippen molar-refractivity contribution in [2.75, 3.05) is 12.3 Å². The highest BCUT2D eigenvalue weighted by atomic mass is 32.2. The van der Waals surface area contributed by atoms with Crippen LogP contribution in [0.25, 0.3) is 21.7 Å². The lowest BCUT2D eigenvalue weighted by Crippen LogP contribution is -2.31. The van der Waals surface area contributed by atoms with Gasteiger partial charge in [-0.3, -0.25) is 23.9 Å². The molecule has 1 aliphatic rings. The van der Waals surface area contributed by atoms with Crippen LogP contribution < -0.4 is 5.56 Å². The van der Waals surface area contributed by atoms with Crippen LogP contribution in [-0.4, -0.2) is 38.6 Å². The Morgan fingerprint density at radius 2 is 1.55 bits per heavy atom.